The van der Waals surface area contributed by atoms with Gasteiger partial charge in [-0.15, -0.1) is 0 Å². The zero-order valence-electron chi connectivity index (χ0n) is 18.9. The molecule has 0 amide bonds. The van der Waals surface area contributed by atoms with Crippen molar-refractivity contribution in [2.24, 2.45) is 0 Å². The summed E-state index contributed by atoms with van der Waals surface area (Å²) in [6.07, 6.45) is 0.304. The molecule has 0 saturated heterocycles. The number of hydrogen-bond acceptors (Lipinski definition) is 4. The van der Waals surface area contributed by atoms with Crippen molar-refractivity contribution in [3.8, 4) is 11.5 Å². The third-order valence-corrected chi connectivity index (χ3v) is 5.63. The SMILES string of the molecule is COc1cc(CNCCc2ccccc2)ccc1OCC(O)c1cc(C)c(C)cc1C. The fourth-order valence-electron chi connectivity index (χ4n) is 3.65. The molecule has 0 aliphatic carbocycles. The fourth-order valence-corrected chi connectivity index (χ4v) is 3.65. The van der Waals surface area contributed by atoms with E-state index >= 15 is 0 Å². The number of aryl methyl sites for hydroxylation is 3. The van der Waals surface area contributed by atoms with Gasteiger partial charge in [0.1, 0.15) is 12.7 Å². The van der Waals surface area contributed by atoms with E-state index in [1.54, 1.807) is 7.11 Å². The summed E-state index contributed by atoms with van der Waals surface area (Å²) in [4.78, 5) is 0. The molecule has 0 aliphatic rings. The van der Waals surface area contributed by atoms with E-state index in [4.69, 9.17) is 9.47 Å². The first-order chi connectivity index (χ1) is 15.0. The maximum atomic E-state index is 10.7. The molecule has 3 rings (SSSR count). The number of rotatable bonds is 10. The minimum absolute atomic E-state index is 0.175. The largest absolute Gasteiger partial charge is 0.493 e. The van der Waals surface area contributed by atoms with Crippen LogP contribution in [0.3, 0.4) is 0 Å². The van der Waals surface area contributed by atoms with Gasteiger partial charge < -0.3 is 19.9 Å². The summed E-state index contributed by atoms with van der Waals surface area (Å²) in [5.74, 6) is 1.31. The highest BCUT2D eigenvalue weighted by Crippen LogP contribution is 2.30. The molecule has 3 aromatic carbocycles. The van der Waals surface area contributed by atoms with Gasteiger partial charge in [0, 0.05) is 6.54 Å². The van der Waals surface area contributed by atoms with Crippen LogP contribution in [0.5, 0.6) is 11.5 Å². The topological polar surface area (TPSA) is 50.7 Å². The summed E-state index contributed by atoms with van der Waals surface area (Å²) in [5.41, 5.74) is 6.83. The number of aliphatic hydroxyl groups is 1. The Hall–Kier alpha value is -2.82. The molecule has 4 nitrogen and oxygen atoms in total. The smallest absolute Gasteiger partial charge is 0.161 e. The van der Waals surface area contributed by atoms with Gasteiger partial charge in [0.15, 0.2) is 11.5 Å². The van der Waals surface area contributed by atoms with Gasteiger partial charge >= 0.3 is 0 Å². The second kappa shape index (κ2) is 11.0. The van der Waals surface area contributed by atoms with E-state index in [1.165, 1.54) is 16.7 Å². The monoisotopic (exact) mass is 419 g/mol. The number of benzene rings is 3. The van der Waals surface area contributed by atoms with Crippen LogP contribution in [0.4, 0.5) is 0 Å². The van der Waals surface area contributed by atoms with Crippen molar-refractivity contribution in [3.05, 3.63) is 94.0 Å². The molecule has 0 fully saturated rings. The molecule has 3 aromatic rings. The van der Waals surface area contributed by atoms with E-state index in [2.05, 4.69) is 49.5 Å². The van der Waals surface area contributed by atoms with Crippen LogP contribution < -0.4 is 14.8 Å². The highest BCUT2D eigenvalue weighted by molar-refractivity contribution is 5.43. The standard InChI is InChI=1S/C27H33NO3/c1-19-14-21(3)24(15-20(19)2)25(29)18-31-26-11-10-23(16-27(26)30-4)17-28-13-12-22-8-6-5-7-9-22/h5-11,14-16,25,28-29H,12-13,17-18H2,1-4H3. The van der Waals surface area contributed by atoms with Crippen molar-refractivity contribution in [1.29, 1.82) is 0 Å². The molecule has 0 bridgehead atoms. The van der Waals surface area contributed by atoms with Gasteiger partial charge in [0.05, 0.1) is 7.11 Å². The normalized spacial score (nSPS) is 11.9. The van der Waals surface area contributed by atoms with Crippen LogP contribution in [-0.4, -0.2) is 25.4 Å². The molecule has 0 radical (unpaired) electrons. The van der Waals surface area contributed by atoms with Crippen LogP contribution in [0.15, 0.2) is 60.7 Å². The molecule has 31 heavy (non-hydrogen) atoms. The first-order valence-electron chi connectivity index (χ1n) is 10.8. The van der Waals surface area contributed by atoms with Gasteiger partial charge in [-0.25, -0.2) is 0 Å². The van der Waals surface area contributed by atoms with E-state index in [9.17, 15) is 5.11 Å². The average molecular weight is 420 g/mol. The summed E-state index contributed by atoms with van der Waals surface area (Å²) in [5, 5.41) is 14.1. The number of ether oxygens (including phenoxy) is 2. The molecule has 0 spiro atoms. The Morgan fingerprint density at radius 3 is 2.32 bits per heavy atom. The predicted octanol–water partition coefficient (Wildman–Crippen LogP) is 5.07. The van der Waals surface area contributed by atoms with Crippen molar-refractivity contribution < 1.29 is 14.6 Å². The molecule has 2 N–H and O–H groups in total. The second-order valence-corrected chi connectivity index (χ2v) is 8.02. The number of hydrogen-bond donors (Lipinski definition) is 2. The van der Waals surface area contributed by atoms with Crippen molar-refractivity contribution >= 4 is 0 Å². The number of methoxy groups -OCH3 is 1. The predicted molar refractivity (Wildman–Crippen MR) is 126 cm³/mol. The summed E-state index contributed by atoms with van der Waals surface area (Å²) in [6, 6.07) is 20.5. The van der Waals surface area contributed by atoms with Crippen LogP contribution in [0.1, 0.15) is 39.5 Å². The summed E-state index contributed by atoms with van der Waals surface area (Å²) < 4.78 is 11.4. The molecule has 1 unspecified atom stereocenters. The van der Waals surface area contributed by atoms with Crippen molar-refractivity contribution in [1.82, 2.24) is 5.32 Å². The number of aliphatic hydroxyl groups excluding tert-OH is 1. The zero-order valence-corrected chi connectivity index (χ0v) is 18.9. The van der Waals surface area contributed by atoms with Gasteiger partial charge in [-0.05, 0) is 79.3 Å². The molecule has 0 aliphatic heterocycles. The molecule has 0 aromatic heterocycles. The van der Waals surface area contributed by atoms with Gasteiger partial charge in [-0.1, -0.05) is 48.5 Å². The first-order valence-corrected chi connectivity index (χ1v) is 10.8. The zero-order chi connectivity index (χ0) is 22.2. The Balaban J connectivity index is 1.55. The lowest BCUT2D eigenvalue weighted by molar-refractivity contribution is 0.106. The maximum absolute atomic E-state index is 10.7. The van der Waals surface area contributed by atoms with E-state index < -0.39 is 6.10 Å². The van der Waals surface area contributed by atoms with E-state index in [-0.39, 0.29) is 6.61 Å². The molecule has 164 valence electrons. The first kappa shape index (κ1) is 22.9. The maximum Gasteiger partial charge on any atom is 0.161 e. The summed E-state index contributed by atoms with van der Waals surface area (Å²) in [7, 11) is 1.64. The third-order valence-electron chi connectivity index (χ3n) is 5.63. The van der Waals surface area contributed by atoms with E-state index in [1.807, 2.05) is 37.3 Å². The van der Waals surface area contributed by atoms with Crippen LogP contribution in [0, 0.1) is 20.8 Å². The van der Waals surface area contributed by atoms with Gasteiger partial charge in [-0.3, -0.25) is 0 Å². The minimum Gasteiger partial charge on any atom is -0.493 e. The molecular weight excluding hydrogens is 386 g/mol. The average Bonchev–Trinajstić information content (AvgIpc) is 2.78. The van der Waals surface area contributed by atoms with Crippen LogP contribution in [0.25, 0.3) is 0 Å². The lowest BCUT2D eigenvalue weighted by atomic mass is 9.97. The summed E-state index contributed by atoms with van der Waals surface area (Å²) >= 11 is 0. The lowest BCUT2D eigenvalue weighted by Gasteiger charge is -2.18. The molecule has 0 heterocycles. The van der Waals surface area contributed by atoms with E-state index in [0.29, 0.717) is 11.5 Å². The second-order valence-electron chi connectivity index (χ2n) is 8.02. The lowest BCUT2D eigenvalue weighted by Crippen LogP contribution is -2.16. The van der Waals surface area contributed by atoms with Crippen LogP contribution >= 0.6 is 0 Å². The Bertz CT molecular complexity index is 985. The van der Waals surface area contributed by atoms with Crippen molar-refractivity contribution in [3.63, 3.8) is 0 Å². The van der Waals surface area contributed by atoms with Crippen molar-refractivity contribution in [2.45, 2.75) is 39.8 Å². The van der Waals surface area contributed by atoms with Gasteiger partial charge in [0.25, 0.3) is 0 Å². The fraction of sp³-hybridized carbons (Fsp3) is 0.333. The quantitative estimate of drug-likeness (QED) is 0.451. The van der Waals surface area contributed by atoms with Crippen LogP contribution in [-0.2, 0) is 13.0 Å². The molecular formula is C27H33NO3. The summed E-state index contributed by atoms with van der Waals surface area (Å²) in [6.45, 7) is 8.00. The Morgan fingerprint density at radius 1 is 0.839 bits per heavy atom. The Kier molecular flexibility index (Phi) is 8.10. The van der Waals surface area contributed by atoms with Crippen LogP contribution in [0.2, 0.25) is 0 Å². The highest BCUT2D eigenvalue weighted by Gasteiger charge is 2.14. The van der Waals surface area contributed by atoms with Crippen molar-refractivity contribution in [2.75, 3.05) is 20.3 Å². The third kappa shape index (κ3) is 6.33. The highest BCUT2D eigenvalue weighted by atomic mass is 16.5. The minimum atomic E-state index is -0.691. The number of nitrogens with one attached hydrogen (secondary N) is 1. The van der Waals surface area contributed by atoms with Gasteiger partial charge in [-0.2, -0.15) is 0 Å². The van der Waals surface area contributed by atoms with E-state index in [0.717, 1.165) is 36.2 Å². The Labute approximate surface area is 185 Å². The Morgan fingerprint density at radius 2 is 1.58 bits per heavy atom. The molecule has 1 atom stereocenters. The molecule has 4 heteroatoms. The molecule has 0 saturated carbocycles. The van der Waals surface area contributed by atoms with Gasteiger partial charge in [0.2, 0.25) is 0 Å².